The fraction of sp³-hybridized carbons (Fsp3) is 0.848. The molecule has 0 aromatic heterocycles. The number of para-hydroxylation sites is 1. The van der Waals surface area contributed by atoms with Crippen LogP contribution in [0.2, 0.25) is 66.5 Å². The van der Waals surface area contributed by atoms with Gasteiger partial charge in [-0.05, 0) is 70.2 Å². The molecule has 1 aromatic carbocycles. The Morgan fingerprint density at radius 3 is 0.964 bits per heavy atom. The molecule has 2 rings (SSSR count). The zero-order chi connectivity index (χ0) is 44.4. The van der Waals surface area contributed by atoms with Gasteiger partial charge in [0.2, 0.25) is 7.35 Å². The van der Waals surface area contributed by atoms with Crippen LogP contribution in [-0.2, 0) is 4.43 Å². The van der Waals surface area contributed by atoms with E-state index in [2.05, 4.69) is 232 Å². The highest BCUT2D eigenvalue weighted by molar-refractivity contribution is 8.25. The van der Waals surface area contributed by atoms with Gasteiger partial charge in [-0.3, -0.25) is 0 Å². The van der Waals surface area contributed by atoms with Crippen molar-refractivity contribution in [1.29, 1.82) is 0 Å². The summed E-state index contributed by atoms with van der Waals surface area (Å²) in [5.41, 5.74) is 4.16. The highest BCUT2D eigenvalue weighted by Gasteiger charge is 2.94. The molecule has 0 saturated carbocycles. The lowest BCUT2D eigenvalue weighted by Crippen LogP contribution is -3.13. The van der Waals surface area contributed by atoms with Gasteiger partial charge >= 0.3 is 0 Å². The second-order valence-corrected chi connectivity index (χ2v) is 94.0. The van der Waals surface area contributed by atoms with Crippen molar-refractivity contribution in [2.24, 2.45) is 0 Å². The molecule has 1 N–H and O–H groups in total. The summed E-state index contributed by atoms with van der Waals surface area (Å²) in [4.78, 5) is 1.88. The number of nitrogens with one attached hydrogen (secondary N) is 1. The molecule has 1 heterocycles. The summed E-state index contributed by atoms with van der Waals surface area (Å²) in [5, 5.41) is 6.19. The lowest BCUT2D eigenvalue weighted by Gasteiger charge is -2.84. The number of hydrogen-bond donors (Lipinski definition) is 1. The van der Waals surface area contributed by atoms with E-state index in [1.165, 1.54) is 16.8 Å². The fourth-order valence-corrected chi connectivity index (χ4v) is 297. The lowest BCUT2D eigenvalue weighted by atomic mass is 10.1. The van der Waals surface area contributed by atoms with Crippen LogP contribution in [0.25, 0.3) is 0 Å². The number of benzene rings is 1. The van der Waals surface area contributed by atoms with Crippen molar-refractivity contribution in [1.82, 2.24) is 0 Å². The first-order chi connectivity index (χ1) is 23.7. The summed E-state index contributed by atoms with van der Waals surface area (Å²) in [6.45, 7) is 82.2. The van der Waals surface area contributed by atoms with Crippen LogP contribution in [0.1, 0.15) is 177 Å². The molecule has 2 nitrogen and oxygen atoms in total. The van der Waals surface area contributed by atoms with Crippen molar-refractivity contribution in [3.05, 3.63) is 29.3 Å². The molecule has 0 spiro atoms. The van der Waals surface area contributed by atoms with Crippen LogP contribution < -0.4 is 5.32 Å². The van der Waals surface area contributed by atoms with Gasteiger partial charge in [0.1, 0.15) is 0 Å². The zero-order valence-electron chi connectivity index (χ0n) is 43.1. The molecule has 9 heteroatoms. The normalized spacial score (nSPS) is 20.5. The van der Waals surface area contributed by atoms with Crippen molar-refractivity contribution in [3.8, 4) is 0 Å². The first-order valence-electron chi connectivity index (χ1n) is 21.9. The monoisotopic (exact) mass is 876 g/mol. The summed E-state index contributed by atoms with van der Waals surface area (Å²) >= 11 is 0. The van der Waals surface area contributed by atoms with Crippen LogP contribution in [0, 0.1) is 13.8 Å². The maximum absolute atomic E-state index is 8.48. The third-order valence-corrected chi connectivity index (χ3v) is 173. The molecule has 0 saturated heterocycles. The number of anilines is 1. The topological polar surface area (TPSA) is 21.3 Å². The first kappa shape index (κ1) is 51.5. The Balaban J connectivity index is 4.23. The average Bonchev–Trinajstić information content (AvgIpc) is 2.90. The molecule has 1 aliphatic rings. The van der Waals surface area contributed by atoms with E-state index in [-0.39, 0.29) is 40.3 Å². The quantitative estimate of drug-likeness (QED) is 0.276. The molecule has 0 fully saturated rings. The van der Waals surface area contributed by atoms with Crippen LogP contribution in [-0.4, -0.2) is 63.3 Å². The SMILES string of the molecule is CO[Si]1([Si](C)(C(C)(C)C)C(C)(C)C)C(Nc2c(C)cccc2C)=[Si]([Si](C)(C(C)(C)C)C(C)(C)C)[Si]1([Si](C)(C(C)(C)C)C(C)(C)C)[Si](C)(C(C)(C)C)C(C)(C)C. The molecule has 0 radical (unpaired) electrons. The average molecular weight is 877 g/mol. The third-order valence-electron chi connectivity index (χ3n) is 18.2. The Labute approximate surface area is 352 Å². The molecule has 1 aliphatic heterocycles. The second kappa shape index (κ2) is 14.2. The predicted molar refractivity (Wildman–Crippen MR) is 273 cm³/mol. The number of rotatable bonds is 7. The van der Waals surface area contributed by atoms with Gasteiger partial charge in [-0.15, -0.1) is 0 Å². The van der Waals surface area contributed by atoms with E-state index < -0.39 is 51.3 Å². The van der Waals surface area contributed by atoms with Crippen molar-refractivity contribution in [2.45, 2.75) is 247 Å². The van der Waals surface area contributed by atoms with Crippen molar-refractivity contribution < 1.29 is 4.43 Å². The summed E-state index contributed by atoms with van der Waals surface area (Å²) in [6.07, 6.45) is -2.64. The molecule has 0 aliphatic carbocycles. The van der Waals surface area contributed by atoms with Crippen molar-refractivity contribution in [2.75, 3.05) is 12.4 Å². The minimum Gasteiger partial charge on any atom is -0.420 e. The molecule has 0 amide bonds. The van der Waals surface area contributed by atoms with Gasteiger partial charge in [-0.1, -0.05) is 211 Å². The van der Waals surface area contributed by atoms with Gasteiger partial charge in [0.15, 0.2) is 0 Å². The van der Waals surface area contributed by atoms with E-state index in [0.717, 1.165) is 0 Å². The van der Waals surface area contributed by atoms with E-state index in [0.29, 0.717) is 0 Å². The Kier molecular flexibility index (Phi) is 13.3. The van der Waals surface area contributed by atoms with Crippen LogP contribution in [0.3, 0.4) is 0 Å². The Hall–Kier alpha value is 0.368. The van der Waals surface area contributed by atoms with E-state index >= 15 is 0 Å². The summed E-state index contributed by atoms with van der Waals surface area (Å²) in [7, 11) is -11.5. The molecule has 55 heavy (non-hydrogen) atoms. The Morgan fingerprint density at radius 1 is 0.473 bits per heavy atom. The van der Waals surface area contributed by atoms with Gasteiger partial charge in [-0.25, -0.2) is 0 Å². The zero-order valence-corrected chi connectivity index (χ0v) is 50.1. The molecule has 1 atom stereocenters. The van der Waals surface area contributed by atoms with E-state index in [4.69, 9.17) is 9.74 Å². The standard InChI is InChI=1S/C46H97NOSi7/c1-35-33-32-34-36(2)37(35)47-38-49(50(28,39(3,4)5)40(6,7)8)55(52(30,43(15,16)17)44(18,19)20,53(31,45(21,22)23)46(24,25)26)54(38,48-27)51(29,41(9,10)11)42(12,13)14/h32-34,47H,1-31H3. The van der Waals surface area contributed by atoms with E-state index in [1.807, 2.05) is 4.92 Å². The van der Waals surface area contributed by atoms with Crippen LogP contribution in [0.15, 0.2) is 18.2 Å². The van der Waals surface area contributed by atoms with Crippen LogP contribution in [0.4, 0.5) is 5.69 Å². The van der Waals surface area contributed by atoms with Crippen molar-refractivity contribution in [3.63, 3.8) is 0 Å². The highest BCUT2D eigenvalue weighted by Crippen LogP contribution is 2.74. The first-order valence-corrected chi connectivity index (χ1v) is 43.3. The van der Waals surface area contributed by atoms with E-state index in [9.17, 15) is 0 Å². The maximum Gasteiger partial charge on any atom is 0.203 e. The molecule has 320 valence electrons. The summed E-state index contributed by atoms with van der Waals surface area (Å²) in [6, 6.07) is 7.00. The predicted octanol–water partition coefficient (Wildman–Crippen LogP) is 15.7. The minimum atomic E-state index is -2.93. The number of aryl methyl sites for hydroxylation is 2. The van der Waals surface area contributed by atoms with Gasteiger partial charge in [0.05, 0.1) is 36.5 Å². The molecular formula is C46H97NOSi7. The fourth-order valence-electron chi connectivity index (χ4n) is 13.9. The lowest BCUT2D eigenvalue weighted by molar-refractivity contribution is 0.429. The second-order valence-electron chi connectivity index (χ2n) is 27.3. The Bertz CT molecular complexity index is 1500. The smallest absolute Gasteiger partial charge is 0.203 e. The van der Waals surface area contributed by atoms with Crippen LogP contribution >= 0.6 is 0 Å². The van der Waals surface area contributed by atoms with Gasteiger partial charge < -0.3 is 9.74 Å². The molecule has 0 bridgehead atoms. The van der Waals surface area contributed by atoms with Crippen molar-refractivity contribution >= 4 is 61.9 Å². The van der Waals surface area contributed by atoms with Gasteiger partial charge in [0.25, 0.3) is 0 Å². The molecule has 1 unspecified atom stereocenters. The third kappa shape index (κ3) is 6.51. The summed E-state index contributed by atoms with van der Waals surface area (Å²) < 4.78 is 8.48. The van der Waals surface area contributed by atoms with Crippen LogP contribution in [0.5, 0.6) is 0 Å². The van der Waals surface area contributed by atoms with Gasteiger partial charge in [-0.2, -0.15) is 0 Å². The molecular weight excluding hydrogens is 779 g/mol. The maximum atomic E-state index is 8.48. The Morgan fingerprint density at radius 2 is 0.745 bits per heavy atom. The highest BCUT2D eigenvalue weighted by atomic mass is 30.3. The van der Waals surface area contributed by atoms with E-state index in [1.54, 1.807) is 0 Å². The van der Waals surface area contributed by atoms with Gasteiger partial charge in [0, 0.05) is 20.2 Å². The number of hydrogen-bond acceptors (Lipinski definition) is 2. The largest absolute Gasteiger partial charge is 0.420 e. The minimum absolute atomic E-state index is 0.129. The summed E-state index contributed by atoms with van der Waals surface area (Å²) in [5.74, 6) is 0. The molecule has 1 aromatic rings.